The van der Waals surface area contributed by atoms with Gasteiger partial charge in [0.1, 0.15) is 0 Å². The summed E-state index contributed by atoms with van der Waals surface area (Å²) in [5.41, 5.74) is 0.437. The van der Waals surface area contributed by atoms with Crippen molar-refractivity contribution in [1.82, 2.24) is 0 Å². The summed E-state index contributed by atoms with van der Waals surface area (Å²) in [6, 6.07) is 0. The smallest absolute Gasteiger partial charge is 0.0814 e. The van der Waals surface area contributed by atoms with Gasteiger partial charge in [-0.15, -0.1) is 0 Å². The maximum Gasteiger partial charge on any atom is 0.0814 e. The van der Waals surface area contributed by atoms with Crippen molar-refractivity contribution in [1.29, 1.82) is 0 Å². The average Bonchev–Trinajstić information content (AvgIpc) is 2.73. The second kappa shape index (κ2) is 3.74. The molecular formula is C13H24O2. The highest BCUT2D eigenvalue weighted by Crippen LogP contribution is 2.53. The summed E-state index contributed by atoms with van der Waals surface area (Å²) in [5, 5.41) is 9.17. The summed E-state index contributed by atoms with van der Waals surface area (Å²) in [6.45, 7) is 7.15. The summed E-state index contributed by atoms with van der Waals surface area (Å²) in [4.78, 5) is 0. The molecule has 2 heteroatoms. The predicted molar refractivity (Wildman–Crippen MR) is 60.7 cm³/mol. The Kier molecular flexibility index (Phi) is 2.85. The van der Waals surface area contributed by atoms with Gasteiger partial charge in [0.05, 0.1) is 18.3 Å². The van der Waals surface area contributed by atoms with Crippen LogP contribution in [0.1, 0.15) is 52.9 Å². The summed E-state index contributed by atoms with van der Waals surface area (Å²) >= 11 is 0. The number of hydrogen-bond acceptors (Lipinski definition) is 2. The van der Waals surface area contributed by atoms with Crippen LogP contribution in [-0.2, 0) is 4.74 Å². The molecular weight excluding hydrogens is 188 g/mol. The van der Waals surface area contributed by atoms with Crippen LogP contribution in [0.2, 0.25) is 0 Å². The standard InChI is InChI=1S/C13H24O2/c1-12(2,3)11-5-4-7-13(11)8-6-10(9-14)15-13/h10-11,14H,4-9H2,1-3H3/t10-,11+,13-/m1/s1. The Bertz CT molecular complexity index is 231. The first-order valence-corrected chi connectivity index (χ1v) is 6.27. The van der Waals surface area contributed by atoms with Gasteiger partial charge in [-0.25, -0.2) is 0 Å². The van der Waals surface area contributed by atoms with Crippen LogP contribution in [0.25, 0.3) is 0 Å². The molecule has 1 saturated heterocycles. The van der Waals surface area contributed by atoms with Gasteiger partial charge in [0.15, 0.2) is 0 Å². The second-order valence-electron chi connectivity index (χ2n) is 6.34. The Hall–Kier alpha value is -0.0800. The third kappa shape index (κ3) is 1.94. The minimum Gasteiger partial charge on any atom is -0.394 e. The molecule has 0 aromatic heterocycles. The third-order valence-electron chi connectivity index (χ3n) is 4.27. The molecule has 2 rings (SSSR count). The van der Waals surface area contributed by atoms with Gasteiger partial charge >= 0.3 is 0 Å². The van der Waals surface area contributed by atoms with Crippen molar-refractivity contribution in [3.8, 4) is 0 Å². The van der Waals surface area contributed by atoms with Gasteiger partial charge in [0, 0.05) is 0 Å². The monoisotopic (exact) mass is 212 g/mol. The minimum atomic E-state index is 0.103. The molecule has 88 valence electrons. The van der Waals surface area contributed by atoms with Crippen LogP contribution in [0.4, 0.5) is 0 Å². The van der Waals surface area contributed by atoms with E-state index < -0.39 is 0 Å². The van der Waals surface area contributed by atoms with E-state index in [2.05, 4.69) is 20.8 Å². The lowest BCUT2D eigenvalue weighted by Gasteiger charge is -2.40. The normalized spacial score (nSPS) is 41.6. The molecule has 1 N–H and O–H groups in total. The van der Waals surface area contributed by atoms with Crippen LogP contribution < -0.4 is 0 Å². The summed E-state index contributed by atoms with van der Waals surface area (Å²) in [6.07, 6.45) is 6.09. The lowest BCUT2D eigenvalue weighted by Crippen LogP contribution is -2.40. The summed E-state index contributed by atoms with van der Waals surface area (Å²) < 4.78 is 6.15. The number of aliphatic hydroxyl groups excluding tert-OH is 1. The zero-order valence-electron chi connectivity index (χ0n) is 10.3. The molecule has 0 amide bonds. The van der Waals surface area contributed by atoms with E-state index in [-0.39, 0.29) is 18.3 Å². The van der Waals surface area contributed by atoms with Gasteiger partial charge in [-0.1, -0.05) is 27.2 Å². The molecule has 15 heavy (non-hydrogen) atoms. The van der Waals surface area contributed by atoms with E-state index >= 15 is 0 Å². The van der Waals surface area contributed by atoms with Crippen molar-refractivity contribution >= 4 is 0 Å². The molecule has 2 fully saturated rings. The van der Waals surface area contributed by atoms with Gasteiger partial charge in [-0.05, 0) is 37.0 Å². The third-order valence-corrected chi connectivity index (χ3v) is 4.27. The number of ether oxygens (including phenoxy) is 1. The minimum absolute atomic E-state index is 0.103. The quantitative estimate of drug-likeness (QED) is 0.724. The highest BCUT2D eigenvalue weighted by molar-refractivity contribution is 5.02. The lowest BCUT2D eigenvalue weighted by atomic mass is 9.71. The number of rotatable bonds is 1. The molecule has 1 aliphatic heterocycles. The molecule has 2 aliphatic rings. The van der Waals surface area contributed by atoms with Crippen molar-refractivity contribution in [2.75, 3.05) is 6.61 Å². The van der Waals surface area contributed by atoms with E-state index in [0.717, 1.165) is 12.8 Å². The van der Waals surface area contributed by atoms with Crippen molar-refractivity contribution in [3.63, 3.8) is 0 Å². The first-order chi connectivity index (χ1) is 6.98. The Morgan fingerprint density at radius 2 is 2.00 bits per heavy atom. The Balaban J connectivity index is 2.14. The average molecular weight is 212 g/mol. The van der Waals surface area contributed by atoms with Crippen molar-refractivity contribution in [3.05, 3.63) is 0 Å². The largest absolute Gasteiger partial charge is 0.394 e. The molecule has 1 heterocycles. The first kappa shape index (κ1) is 11.4. The maximum absolute atomic E-state index is 9.17. The zero-order valence-corrected chi connectivity index (χ0v) is 10.3. The number of aliphatic hydroxyl groups is 1. The van der Waals surface area contributed by atoms with E-state index in [9.17, 15) is 5.11 Å². The van der Waals surface area contributed by atoms with Crippen LogP contribution in [0.15, 0.2) is 0 Å². The SMILES string of the molecule is CC(C)(C)[C@@H]1CCC[C@@]12CC[C@H](CO)O2. The fraction of sp³-hybridized carbons (Fsp3) is 1.00. The van der Waals surface area contributed by atoms with Crippen LogP contribution in [0.3, 0.4) is 0 Å². The molecule has 1 aliphatic carbocycles. The van der Waals surface area contributed by atoms with Gasteiger partial charge in [0.25, 0.3) is 0 Å². The van der Waals surface area contributed by atoms with E-state index in [1.165, 1.54) is 19.3 Å². The fourth-order valence-corrected chi connectivity index (χ4v) is 3.69. The highest BCUT2D eigenvalue weighted by Gasteiger charge is 2.52. The van der Waals surface area contributed by atoms with Gasteiger partial charge < -0.3 is 9.84 Å². The molecule has 0 radical (unpaired) electrons. The lowest BCUT2D eigenvalue weighted by molar-refractivity contribution is -0.103. The molecule has 3 atom stereocenters. The van der Waals surface area contributed by atoms with Gasteiger partial charge in [-0.2, -0.15) is 0 Å². The Morgan fingerprint density at radius 1 is 1.27 bits per heavy atom. The molecule has 0 unspecified atom stereocenters. The summed E-state index contributed by atoms with van der Waals surface area (Å²) in [5.74, 6) is 0.668. The zero-order chi connectivity index (χ0) is 11.1. The van der Waals surface area contributed by atoms with Gasteiger partial charge in [0.2, 0.25) is 0 Å². The molecule has 0 aromatic carbocycles. The Labute approximate surface area is 93.0 Å². The van der Waals surface area contributed by atoms with E-state index in [4.69, 9.17) is 4.74 Å². The molecule has 2 nitrogen and oxygen atoms in total. The van der Waals surface area contributed by atoms with Crippen LogP contribution in [0, 0.1) is 11.3 Å². The molecule has 0 aromatic rings. The van der Waals surface area contributed by atoms with Crippen molar-refractivity contribution < 1.29 is 9.84 Å². The molecule has 1 saturated carbocycles. The van der Waals surface area contributed by atoms with E-state index in [1.807, 2.05) is 0 Å². The highest BCUT2D eigenvalue weighted by atomic mass is 16.5. The molecule has 0 bridgehead atoms. The fourth-order valence-electron chi connectivity index (χ4n) is 3.69. The van der Waals surface area contributed by atoms with Crippen molar-refractivity contribution in [2.45, 2.75) is 64.6 Å². The van der Waals surface area contributed by atoms with Crippen LogP contribution in [0.5, 0.6) is 0 Å². The van der Waals surface area contributed by atoms with Crippen LogP contribution >= 0.6 is 0 Å². The van der Waals surface area contributed by atoms with Crippen LogP contribution in [-0.4, -0.2) is 23.4 Å². The number of hydrogen-bond donors (Lipinski definition) is 1. The predicted octanol–water partition coefficient (Wildman–Crippen LogP) is 2.74. The summed E-state index contributed by atoms with van der Waals surface area (Å²) in [7, 11) is 0. The Morgan fingerprint density at radius 3 is 2.53 bits per heavy atom. The van der Waals surface area contributed by atoms with Crippen molar-refractivity contribution in [2.24, 2.45) is 11.3 Å². The molecule has 1 spiro atoms. The van der Waals surface area contributed by atoms with E-state index in [0.29, 0.717) is 11.3 Å². The second-order valence-corrected chi connectivity index (χ2v) is 6.34. The first-order valence-electron chi connectivity index (χ1n) is 6.27. The van der Waals surface area contributed by atoms with Gasteiger partial charge in [-0.3, -0.25) is 0 Å². The maximum atomic E-state index is 9.17. The topological polar surface area (TPSA) is 29.5 Å². The van der Waals surface area contributed by atoms with E-state index in [1.54, 1.807) is 0 Å².